The molecule has 6 atom stereocenters. The Morgan fingerprint density at radius 2 is 0.298 bits per heavy atom. The third-order valence-electron chi connectivity index (χ3n) is 8.24. The summed E-state index contributed by atoms with van der Waals surface area (Å²) in [6.07, 6.45) is -0.419. The number of carbonyl (C=O) groups is 12. The second kappa shape index (κ2) is 88.5. The molecule has 501 valence electrons. The molecular formula is C51H108N6O24Y3-6. The van der Waals surface area contributed by atoms with Crippen molar-refractivity contribution >= 4 is 71.6 Å². The average Bonchev–Trinajstić information content (AvgIpc) is 3.41. The largest absolute Gasteiger partial charge is 0.652 e. The fourth-order valence-corrected chi connectivity index (χ4v) is 3.94. The van der Waals surface area contributed by atoms with Gasteiger partial charge in [-0.2, -0.15) is 42.3 Å². The standard InChI is InChI=1S/6C7H12NO4.9CH4.3Y/c6*1-8-5(7(10)12-3)4-6(9)11-2;;;;;;;;;;;;/h6*5H,4H2,1-3H3;9*1H4;;;/q6*-1;;;;;;;;;;;;/t6*5-;;;;;;;;;;;;/m111000............/s1. The summed E-state index contributed by atoms with van der Waals surface area (Å²) in [6, 6.07) is -4.49. The van der Waals surface area contributed by atoms with Gasteiger partial charge in [0.15, 0.2) is 0 Å². The molecule has 0 amide bonds. The summed E-state index contributed by atoms with van der Waals surface area (Å²) >= 11 is 0. The molecule has 3 radical (unpaired) electrons. The number of hydrogen-bond acceptors (Lipinski definition) is 24. The third-order valence-corrected chi connectivity index (χ3v) is 8.24. The van der Waals surface area contributed by atoms with Crippen LogP contribution in [0, 0.1) is 0 Å². The molecule has 0 rings (SSSR count). The van der Waals surface area contributed by atoms with Gasteiger partial charge >= 0.3 is 35.8 Å². The quantitative estimate of drug-likeness (QED) is 0.0757. The fourth-order valence-electron chi connectivity index (χ4n) is 3.94. The van der Waals surface area contributed by atoms with Crippen LogP contribution in [0.5, 0.6) is 0 Å². The van der Waals surface area contributed by atoms with Crippen molar-refractivity contribution in [3.8, 4) is 0 Å². The summed E-state index contributed by atoms with van der Waals surface area (Å²) < 4.78 is 52.7. The van der Waals surface area contributed by atoms with Crippen LogP contribution in [0.4, 0.5) is 0 Å². The van der Waals surface area contributed by atoms with Crippen LogP contribution in [0.15, 0.2) is 0 Å². The molecule has 0 aliphatic carbocycles. The number of nitrogens with zero attached hydrogens (tertiary/aromatic N) is 6. The number of hydrogen-bond donors (Lipinski definition) is 0. The van der Waals surface area contributed by atoms with E-state index >= 15 is 0 Å². The predicted octanol–water partition coefficient (Wildman–Crippen LogP) is 6.29. The fraction of sp³-hybridized carbons (Fsp3) is 0.765. The van der Waals surface area contributed by atoms with E-state index in [0.717, 1.165) is 0 Å². The summed E-state index contributed by atoms with van der Waals surface area (Å²) in [6.45, 7) is 0. The Morgan fingerprint density at radius 3 is 0.345 bits per heavy atom. The van der Waals surface area contributed by atoms with E-state index in [9.17, 15) is 57.5 Å². The van der Waals surface area contributed by atoms with Crippen LogP contribution in [-0.2, 0) is 213 Å². The van der Waals surface area contributed by atoms with Crippen molar-refractivity contribution in [1.82, 2.24) is 0 Å². The first-order valence-electron chi connectivity index (χ1n) is 20.3. The predicted molar refractivity (Wildman–Crippen MR) is 311 cm³/mol. The van der Waals surface area contributed by atoms with E-state index in [1.807, 2.05) is 0 Å². The van der Waals surface area contributed by atoms with Gasteiger partial charge in [-0.15, -0.1) is 0 Å². The van der Waals surface area contributed by atoms with Crippen molar-refractivity contribution < 1.29 is 213 Å². The van der Waals surface area contributed by atoms with Gasteiger partial charge < -0.3 is 88.7 Å². The van der Waals surface area contributed by atoms with E-state index in [4.69, 9.17) is 0 Å². The van der Waals surface area contributed by atoms with E-state index in [-0.39, 0.29) is 203 Å². The van der Waals surface area contributed by atoms with Crippen molar-refractivity contribution in [3.05, 3.63) is 31.9 Å². The van der Waals surface area contributed by atoms with E-state index in [2.05, 4.69) is 88.7 Å². The monoisotopic (exact) mass is 1460 g/mol. The van der Waals surface area contributed by atoms with Crippen LogP contribution < -0.4 is 0 Å². The molecule has 84 heavy (non-hydrogen) atoms. The van der Waals surface area contributed by atoms with Gasteiger partial charge in [0.05, 0.1) is 85.3 Å². The number of methoxy groups -OCH3 is 12. The Balaban J connectivity index is -0.0000000378. The molecule has 0 aliphatic rings. The Morgan fingerprint density at radius 1 is 0.214 bits per heavy atom. The molecule has 0 spiro atoms. The average molecular weight is 1460 g/mol. The molecule has 0 aromatic rings. The van der Waals surface area contributed by atoms with Crippen LogP contribution in [0.2, 0.25) is 0 Å². The van der Waals surface area contributed by atoms with E-state index < -0.39 is 108 Å². The zero-order chi connectivity index (χ0) is 57.4. The summed E-state index contributed by atoms with van der Waals surface area (Å²) in [5.74, 6) is -6.01. The van der Waals surface area contributed by atoms with Crippen molar-refractivity contribution in [3.63, 3.8) is 0 Å². The van der Waals surface area contributed by atoms with Crippen LogP contribution in [0.25, 0.3) is 31.9 Å². The number of ether oxygens (including phenoxy) is 12. The summed E-state index contributed by atoms with van der Waals surface area (Å²) in [5.41, 5.74) is 0. The molecule has 0 bridgehead atoms. The maximum Gasteiger partial charge on any atom is 0.304 e. The molecule has 0 fully saturated rings. The van der Waals surface area contributed by atoms with Gasteiger partial charge in [-0.3, -0.25) is 57.5 Å². The number of likely N-dealkylation sites (N-methyl/N-ethyl adjacent to an activating group) is 6. The first-order valence-corrected chi connectivity index (χ1v) is 20.3. The normalized spacial score (nSPS) is 10.2. The van der Waals surface area contributed by atoms with Crippen LogP contribution in [0.3, 0.4) is 0 Å². The first-order chi connectivity index (χ1) is 33.9. The Hall–Kier alpha value is -3.29. The van der Waals surface area contributed by atoms with Crippen LogP contribution in [-0.4, -0.2) is 235 Å². The maximum atomic E-state index is 10.9. The van der Waals surface area contributed by atoms with Gasteiger partial charge in [-0.25, -0.2) is 0 Å². The minimum atomic E-state index is -0.748. The summed E-state index contributed by atoms with van der Waals surface area (Å²) in [7, 11) is 23.7. The zero-order valence-corrected chi connectivity index (χ0v) is 54.4. The molecule has 33 heteroatoms. The molecule has 0 aromatic heterocycles. The van der Waals surface area contributed by atoms with Gasteiger partial charge in [-0.1, -0.05) is 66.8 Å². The van der Waals surface area contributed by atoms with Crippen LogP contribution in [0.1, 0.15) is 105 Å². The molecule has 0 aromatic carbocycles. The van der Waals surface area contributed by atoms with E-state index in [1.165, 1.54) is 128 Å². The van der Waals surface area contributed by atoms with Crippen molar-refractivity contribution in [2.75, 3.05) is 128 Å². The van der Waals surface area contributed by atoms with Gasteiger partial charge in [-0.05, 0) is 36.3 Å². The summed E-state index contributed by atoms with van der Waals surface area (Å²) in [5, 5.41) is 22.0. The smallest absolute Gasteiger partial charge is 0.304 e. The number of carbonyl (C=O) groups excluding carboxylic acids is 12. The number of rotatable bonds is 24. The maximum absolute atomic E-state index is 10.9. The molecule has 0 unspecified atom stereocenters. The minimum absolute atomic E-state index is 0. The molecule has 0 saturated heterocycles. The van der Waals surface area contributed by atoms with Crippen molar-refractivity contribution in [2.24, 2.45) is 0 Å². The molecular weight excluding hydrogens is 1350 g/mol. The summed E-state index contributed by atoms with van der Waals surface area (Å²) in [4.78, 5) is 129. The molecule has 0 heterocycles. The van der Waals surface area contributed by atoms with E-state index in [0.29, 0.717) is 0 Å². The topological polar surface area (TPSA) is 400 Å². The van der Waals surface area contributed by atoms with Gasteiger partial charge in [0.1, 0.15) is 0 Å². The second-order valence-corrected chi connectivity index (χ2v) is 12.5. The second-order valence-electron chi connectivity index (χ2n) is 12.5. The van der Waals surface area contributed by atoms with Gasteiger partial charge in [0.25, 0.3) is 35.8 Å². The molecule has 0 saturated carbocycles. The van der Waals surface area contributed by atoms with Crippen molar-refractivity contribution in [2.45, 2.75) is 142 Å². The van der Waals surface area contributed by atoms with Gasteiger partial charge in [0.2, 0.25) is 0 Å². The molecule has 0 aliphatic heterocycles. The zero-order valence-electron chi connectivity index (χ0n) is 45.9. The Kier molecular flexibility index (Phi) is 137. The minimum Gasteiger partial charge on any atom is -0.652 e. The molecule has 30 nitrogen and oxygen atoms in total. The third kappa shape index (κ3) is 73.0. The van der Waals surface area contributed by atoms with Gasteiger partial charge in [0, 0.05) is 137 Å². The van der Waals surface area contributed by atoms with E-state index in [1.54, 1.807) is 0 Å². The SMILES string of the molecule is C.C.C.C.C.C.C.C.C.C[N-][C@@H](CC(=O)OC)C(=O)OC.C[N-][C@@H](CC(=O)OC)C(=O)OC.C[N-][C@@H](CC(=O)OC)C(=O)OC.C[N-][C@H](CC(=O)OC)C(=O)OC.C[N-][C@H](CC(=O)OC)C(=O)OC.C[N-][C@H](CC(=O)OC)C(=O)OC.[Y].[Y].[Y]. The van der Waals surface area contributed by atoms with Crippen LogP contribution >= 0.6 is 0 Å². The Bertz CT molecular complexity index is 1330. The van der Waals surface area contributed by atoms with Crippen molar-refractivity contribution in [1.29, 1.82) is 0 Å². The Labute approximate surface area is 580 Å². The molecule has 0 N–H and O–H groups in total. The first kappa shape index (κ1) is 130. The number of esters is 12.